The lowest BCUT2D eigenvalue weighted by Gasteiger charge is -2.32. The normalized spacial score (nSPS) is 20.8. The van der Waals surface area contributed by atoms with E-state index < -0.39 is 0 Å². The second-order valence-electron chi connectivity index (χ2n) is 5.51. The monoisotopic (exact) mass is 303 g/mol. The van der Waals surface area contributed by atoms with Crippen LogP contribution in [0.1, 0.15) is 43.0 Å². The van der Waals surface area contributed by atoms with Gasteiger partial charge in [-0.25, -0.2) is 0 Å². The molecular formula is C16H21N3O3. The Morgan fingerprint density at radius 3 is 2.18 bits per heavy atom. The standard InChI is InChI=1S/C16H21N3O3/c1-11(21)18-14-4-2-3-5-15(14)19-16(22)12-6-8-13(9-7-12)17-10-20/h6-10,14-15H,2-5H2,1H3,(H,17,20)(H,18,21)(H,19,22)/t14-,15+/m0/s1. The van der Waals surface area contributed by atoms with Crippen molar-refractivity contribution in [2.24, 2.45) is 0 Å². The molecule has 0 heterocycles. The fraction of sp³-hybridized carbons (Fsp3) is 0.438. The van der Waals surface area contributed by atoms with E-state index in [2.05, 4.69) is 16.0 Å². The predicted octanol–water partition coefficient (Wildman–Crippen LogP) is 1.43. The van der Waals surface area contributed by atoms with E-state index in [4.69, 9.17) is 0 Å². The zero-order valence-corrected chi connectivity index (χ0v) is 12.6. The Bertz CT molecular complexity index is 542. The van der Waals surface area contributed by atoms with Crippen LogP contribution in [-0.2, 0) is 9.59 Å². The summed E-state index contributed by atoms with van der Waals surface area (Å²) in [6, 6.07) is 6.63. The second kappa shape index (κ2) is 7.59. The van der Waals surface area contributed by atoms with Crippen LogP contribution >= 0.6 is 0 Å². The summed E-state index contributed by atoms with van der Waals surface area (Å²) in [6.07, 6.45) is 4.44. The third kappa shape index (κ3) is 4.31. The summed E-state index contributed by atoms with van der Waals surface area (Å²) in [4.78, 5) is 33.9. The van der Waals surface area contributed by atoms with Crippen LogP contribution in [0.2, 0.25) is 0 Å². The molecule has 22 heavy (non-hydrogen) atoms. The van der Waals surface area contributed by atoms with E-state index in [9.17, 15) is 14.4 Å². The summed E-state index contributed by atoms with van der Waals surface area (Å²) in [7, 11) is 0. The lowest BCUT2D eigenvalue weighted by molar-refractivity contribution is -0.120. The van der Waals surface area contributed by atoms with Crippen LogP contribution in [0.5, 0.6) is 0 Å². The van der Waals surface area contributed by atoms with E-state index >= 15 is 0 Å². The first-order valence-electron chi connectivity index (χ1n) is 7.48. The Hall–Kier alpha value is -2.37. The molecule has 0 aliphatic heterocycles. The third-order valence-corrected chi connectivity index (χ3v) is 3.84. The third-order valence-electron chi connectivity index (χ3n) is 3.84. The van der Waals surface area contributed by atoms with Gasteiger partial charge in [0.25, 0.3) is 5.91 Å². The van der Waals surface area contributed by atoms with E-state index in [1.807, 2.05) is 0 Å². The molecule has 1 aromatic rings. The van der Waals surface area contributed by atoms with E-state index in [0.717, 1.165) is 25.7 Å². The number of rotatable bonds is 5. The fourth-order valence-corrected chi connectivity index (χ4v) is 2.78. The van der Waals surface area contributed by atoms with Gasteiger partial charge < -0.3 is 16.0 Å². The number of hydrogen-bond donors (Lipinski definition) is 3. The summed E-state index contributed by atoms with van der Waals surface area (Å²) in [6.45, 7) is 1.49. The lowest BCUT2D eigenvalue weighted by atomic mass is 9.90. The number of carbonyl (C=O) groups is 3. The zero-order valence-electron chi connectivity index (χ0n) is 12.6. The topological polar surface area (TPSA) is 87.3 Å². The molecule has 1 aliphatic carbocycles. The van der Waals surface area contributed by atoms with Crippen molar-refractivity contribution in [3.8, 4) is 0 Å². The van der Waals surface area contributed by atoms with Gasteiger partial charge >= 0.3 is 0 Å². The Morgan fingerprint density at radius 2 is 1.64 bits per heavy atom. The molecule has 0 aromatic heterocycles. The summed E-state index contributed by atoms with van der Waals surface area (Å²) in [5, 5.41) is 8.43. The molecule has 0 bridgehead atoms. The van der Waals surface area contributed by atoms with Crippen LogP contribution in [0.25, 0.3) is 0 Å². The average molecular weight is 303 g/mol. The van der Waals surface area contributed by atoms with Crippen molar-refractivity contribution in [3.63, 3.8) is 0 Å². The van der Waals surface area contributed by atoms with E-state index in [-0.39, 0.29) is 23.9 Å². The predicted molar refractivity (Wildman–Crippen MR) is 83.5 cm³/mol. The highest BCUT2D eigenvalue weighted by atomic mass is 16.2. The Morgan fingerprint density at radius 1 is 1.05 bits per heavy atom. The maximum Gasteiger partial charge on any atom is 0.251 e. The lowest BCUT2D eigenvalue weighted by Crippen LogP contribution is -2.52. The Balaban J connectivity index is 1.99. The molecule has 1 fully saturated rings. The second-order valence-corrected chi connectivity index (χ2v) is 5.51. The molecule has 1 aromatic carbocycles. The van der Waals surface area contributed by atoms with Gasteiger partial charge in [-0.3, -0.25) is 14.4 Å². The Kier molecular flexibility index (Phi) is 5.52. The molecule has 0 unspecified atom stereocenters. The summed E-state index contributed by atoms with van der Waals surface area (Å²) in [5.41, 5.74) is 1.17. The smallest absolute Gasteiger partial charge is 0.251 e. The van der Waals surface area contributed by atoms with Gasteiger partial charge in [0.2, 0.25) is 12.3 Å². The summed E-state index contributed by atoms with van der Waals surface area (Å²) >= 11 is 0. The minimum absolute atomic E-state index is 0.00815. The van der Waals surface area contributed by atoms with Crippen LogP contribution in [-0.4, -0.2) is 30.3 Å². The van der Waals surface area contributed by atoms with Gasteiger partial charge in [0, 0.05) is 30.3 Å². The summed E-state index contributed by atoms with van der Waals surface area (Å²) < 4.78 is 0. The number of amides is 3. The zero-order chi connectivity index (χ0) is 15.9. The first-order valence-corrected chi connectivity index (χ1v) is 7.48. The minimum atomic E-state index is -0.167. The van der Waals surface area contributed by atoms with Crippen LogP contribution in [0.15, 0.2) is 24.3 Å². The maximum atomic E-state index is 12.3. The molecule has 118 valence electrons. The highest BCUT2D eigenvalue weighted by Gasteiger charge is 2.27. The van der Waals surface area contributed by atoms with Gasteiger partial charge in [-0.2, -0.15) is 0 Å². The summed E-state index contributed by atoms with van der Waals surface area (Å²) in [5.74, 6) is -0.240. The molecular weight excluding hydrogens is 282 g/mol. The van der Waals surface area contributed by atoms with Crippen molar-refractivity contribution in [1.82, 2.24) is 10.6 Å². The molecule has 0 spiro atoms. The molecule has 3 N–H and O–H groups in total. The van der Waals surface area contributed by atoms with Crippen LogP contribution in [0.3, 0.4) is 0 Å². The largest absolute Gasteiger partial charge is 0.352 e. The van der Waals surface area contributed by atoms with Gasteiger partial charge in [-0.05, 0) is 37.1 Å². The van der Waals surface area contributed by atoms with Crippen molar-refractivity contribution >= 4 is 23.9 Å². The van der Waals surface area contributed by atoms with Crippen molar-refractivity contribution < 1.29 is 14.4 Å². The van der Waals surface area contributed by atoms with Crippen molar-refractivity contribution in [2.75, 3.05) is 5.32 Å². The SMILES string of the molecule is CC(=O)N[C@H]1CCCC[C@H]1NC(=O)c1ccc(NC=O)cc1. The molecule has 6 nitrogen and oxygen atoms in total. The van der Waals surface area contributed by atoms with E-state index in [1.54, 1.807) is 24.3 Å². The number of nitrogens with one attached hydrogen (secondary N) is 3. The van der Waals surface area contributed by atoms with Gasteiger partial charge in [-0.15, -0.1) is 0 Å². The number of carbonyl (C=O) groups excluding carboxylic acids is 3. The highest BCUT2D eigenvalue weighted by Crippen LogP contribution is 2.19. The fourth-order valence-electron chi connectivity index (χ4n) is 2.78. The quantitative estimate of drug-likeness (QED) is 0.719. The molecule has 1 aliphatic rings. The first kappa shape index (κ1) is 16.0. The van der Waals surface area contributed by atoms with Crippen molar-refractivity contribution in [3.05, 3.63) is 29.8 Å². The molecule has 0 radical (unpaired) electrons. The van der Waals surface area contributed by atoms with E-state index in [1.165, 1.54) is 6.92 Å². The van der Waals surface area contributed by atoms with Crippen LogP contribution in [0.4, 0.5) is 5.69 Å². The van der Waals surface area contributed by atoms with Gasteiger partial charge in [-0.1, -0.05) is 12.8 Å². The molecule has 3 amide bonds. The highest BCUT2D eigenvalue weighted by molar-refractivity contribution is 5.95. The minimum Gasteiger partial charge on any atom is -0.352 e. The van der Waals surface area contributed by atoms with Gasteiger partial charge in [0.15, 0.2) is 0 Å². The maximum absolute atomic E-state index is 12.3. The molecule has 1 saturated carbocycles. The van der Waals surface area contributed by atoms with Gasteiger partial charge in [0.1, 0.15) is 0 Å². The number of hydrogen-bond acceptors (Lipinski definition) is 3. The molecule has 2 atom stereocenters. The van der Waals surface area contributed by atoms with Crippen molar-refractivity contribution in [2.45, 2.75) is 44.7 Å². The van der Waals surface area contributed by atoms with E-state index in [0.29, 0.717) is 17.7 Å². The first-order chi connectivity index (χ1) is 10.6. The van der Waals surface area contributed by atoms with Gasteiger partial charge in [0.05, 0.1) is 0 Å². The van der Waals surface area contributed by atoms with Crippen molar-refractivity contribution in [1.29, 1.82) is 0 Å². The Labute approximate surface area is 129 Å². The van der Waals surface area contributed by atoms with Crippen LogP contribution < -0.4 is 16.0 Å². The number of anilines is 1. The molecule has 6 heteroatoms. The molecule has 0 saturated heterocycles. The number of benzene rings is 1. The average Bonchev–Trinajstić information content (AvgIpc) is 2.50. The van der Waals surface area contributed by atoms with Crippen LogP contribution in [0, 0.1) is 0 Å². The molecule has 2 rings (SSSR count).